The van der Waals surface area contributed by atoms with E-state index in [2.05, 4.69) is 17.1 Å². The summed E-state index contributed by atoms with van der Waals surface area (Å²) in [5, 5.41) is 3.49. The Kier molecular flexibility index (Phi) is 2.29. The number of rotatable bonds is 2. The highest BCUT2D eigenvalue weighted by Crippen LogP contribution is 2.45. The van der Waals surface area contributed by atoms with Gasteiger partial charge >= 0.3 is 0 Å². The zero-order valence-corrected chi connectivity index (χ0v) is 9.21. The minimum absolute atomic E-state index is 0.826. The van der Waals surface area contributed by atoms with Crippen LogP contribution in [0.1, 0.15) is 26.2 Å². The maximum atomic E-state index is 3.49. The van der Waals surface area contributed by atoms with Gasteiger partial charge in [-0.15, -0.1) is 0 Å². The fourth-order valence-corrected chi connectivity index (χ4v) is 3.37. The summed E-state index contributed by atoms with van der Waals surface area (Å²) in [5.74, 6) is 3.13. The van der Waals surface area contributed by atoms with Crippen LogP contribution in [-0.4, -0.2) is 37.1 Å². The van der Waals surface area contributed by atoms with E-state index >= 15 is 0 Å². The van der Waals surface area contributed by atoms with Crippen LogP contribution in [0, 0.1) is 17.8 Å². The fraction of sp³-hybridized carbons (Fsp3) is 1.00. The van der Waals surface area contributed by atoms with Crippen LogP contribution in [0.2, 0.25) is 0 Å². The second kappa shape index (κ2) is 3.49. The first-order valence-electron chi connectivity index (χ1n) is 6.29. The molecule has 0 aromatic heterocycles. The summed E-state index contributed by atoms with van der Waals surface area (Å²) in [6, 6.07) is 0.826. The molecule has 4 atom stereocenters. The zero-order valence-electron chi connectivity index (χ0n) is 9.21. The fourth-order valence-electron chi connectivity index (χ4n) is 3.37. The summed E-state index contributed by atoms with van der Waals surface area (Å²) >= 11 is 0. The van der Waals surface area contributed by atoms with Gasteiger partial charge in [0, 0.05) is 12.6 Å². The Morgan fingerprint density at radius 2 is 2.21 bits per heavy atom. The minimum atomic E-state index is 0.826. The summed E-state index contributed by atoms with van der Waals surface area (Å²) in [4.78, 5) is 2.76. The van der Waals surface area contributed by atoms with Crippen molar-refractivity contribution in [1.82, 2.24) is 10.2 Å². The molecule has 80 valence electrons. The van der Waals surface area contributed by atoms with Gasteiger partial charge in [0.1, 0.15) is 0 Å². The Bertz CT molecular complexity index is 210. The highest BCUT2D eigenvalue weighted by atomic mass is 15.2. The van der Waals surface area contributed by atoms with Crippen molar-refractivity contribution in [2.45, 2.75) is 32.2 Å². The van der Waals surface area contributed by atoms with Crippen molar-refractivity contribution in [3.8, 4) is 0 Å². The smallest absolute Gasteiger partial charge is 0.0108 e. The lowest BCUT2D eigenvalue weighted by Crippen LogP contribution is -2.43. The predicted molar refractivity (Wildman–Crippen MR) is 58.2 cm³/mol. The maximum absolute atomic E-state index is 3.49. The van der Waals surface area contributed by atoms with E-state index in [1.54, 1.807) is 0 Å². The Morgan fingerprint density at radius 3 is 2.93 bits per heavy atom. The molecule has 0 aromatic rings. The average molecular weight is 194 g/mol. The van der Waals surface area contributed by atoms with E-state index in [1.165, 1.54) is 45.4 Å². The largest absolute Gasteiger partial charge is 0.316 e. The number of hydrogen-bond acceptors (Lipinski definition) is 2. The van der Waals surface area contributed by atoms with Crippen LogP contribution in [0.15, 0.2) is 0 Å². The van der Waals surface area contributed by atoms with Crippen molar-refractivity contribution in [3.05, 3.63) is 0 Å². The van der Waals surface area contributed by atoms with Crippen LogP contribution in [0.25, 0.3) is 0 Å². The van der Waals surface area contributed by atoms with Gasteiger partial charge in [-0.2, -0.15) is 0 Å². The average Bonchev–Trinajstić information content (AvgIpc) is 2.78. The van der Waals surface area contributed by atoms with Gasteiger partial charge in [-0.3, -0.25) is 0 Å². The van der Waals surface area contributed by atoms with E-state index < -0.39 is 0 Å². The van der Waals surface area contributed by atoms with Crippen molar-refractivity contribution in [1.29, 1.82) is 0 Å². The number of piperidine rings is 1. The molecule has 1 saturated carbocycles. The van der Waals surface area contributed by atoms with Crippen LogP contribution in [0.5, 0.6) is 0 Å². The van der Waals surface area contributed by atoms with Gasteiger partial charge in [-0.05, 0) is 63.6 Å². The van der Waals surface area contributed by atoms with E-state index in [0.29, 0.717) is 0 Å². The van der Waals surface area contributed by atoms with Gasteiger partial charge in [0.05, 0.1) is 0 Å². The first-order chi connectivity index (χ1) is 6.84. The molecule has 0 amide bonds. The zero-order chi connectivity index (χ0) is 9.54. The van der Waals surface area contributed by atoms with Crippen molar-refractivity contribution >= 4 is 0 Å². The first-order valence-corrected chi connectivity index (χ1v) is 6.29. The number of likely N-dealkylation sites (tertiary alicyclic amines) is 1. The third kappa shape index (κ3) is 1.59. The van der Waals surface area contributed by atoms with Crippen molar-refractivity contribution < 1.29 is 0 Å². The van der Waals surface area contributed by atoms with Crippen LogP contribution >= 0.6 is 0 Å². The first kappa shape index (κ1) is 9.17. The third-order valence-corrected chi connectivity index (χ3v) is 4.68. The molecule has 3 aliphatic rings. The lowest BCUT2D eigenvalue weighted by molar-refractivity contribution is 0.129. The lowest BCUT2D eigenvalue weighted by Gasteiger charge is -2.35. The Labute approximate surface area is 87.0 Å². The van der Waals surface area contributed by atoms with Crippen LogP contribution in [-0.2, 0) is 0 Å². The molecule has 0 radical (unpaired) electrons. The molecular formula is C12H22N2. The summed E-state index contributed by atoms with van der Waals surface area (Å²) in [7, 11) is 0. The van der Waals surface area contributed by atoms with E-state index in [9.17, 15) is 0 Å². The highest BCUT2D eigenvalue weighted by molar-refractivity contribution is 4.95. The van der Waals surface area contributed by atoms with Crippen LogP contribution in [0.3, 0.4) is 0 Å². The third-order valence-electron chi connectivity index (χ3n) is 4.68. The van der Waals surface area contributed by atoms with Crippen LogP contribution in [0.4, 0.5) is 0 Å². The van der Waals surface area contributed by atoms with Crippen molar-refractivity contribution in [3.63, 3.8) is 0 Å². The Hall–Kier alpha value is -0.0800. The molecule has 2 saturated heterocycles. The normalized spacial score (nSPS) is 44.8. The Balaban J connectivity index is 1.57. The number of hydrogen-bond donors (Lipinski definition) is 1. The van der Waals surface area contributed by atoms with Gasteiger partial charge in [0.2, 0.25) is 0 Å². The van der Waals surface area contributed by atoms with Gasteiger partial charge in [-0.25, -0.2) is 0 Å². The molecule has 0 spiro atoms. The molecule has 2 heterocycles. The molecule has 2 heteroatoms. The van der Waals surface area contributed by atoms with E-state index in [0.717, 1.165) is 23.8 Å². The van der Waals surface area contributed by atoms with Crippen LogP contribution < -0.4 is 5.32 Å². The van der Waals surface area contributed by atoms with E-state index in [-0.39, 0.29) is 0 Å². The second-order valence-electron chi connectivity index (χ2n) is 5.53. The molecule has 0 aromatic carbocycles. The second-order valence-corrected chi connectivity index (χ2v) is 5.53. The summed E-state index contributed by atoms with van der Waals surface area (Å²) in [5.41, 5.74) is 0. The summed E-state index contributed by atoms with van der Waals surface area (Å²) in [6.45, 7) is 7.72. The Morgan fingerprint density at radius 1 is 1.29 bits per heavy atom. The maximum Gasteiger partial charge on any atom is 0.0108 e. The molecule has 4 unspecified atom stereocenters. The summed E-state index contributed by atoms with van der Waals surface area (Å²) < 4.78 is 0. The van der Waals surface area contributed by atoms with E-state index in [1.807, 2.05) is 0 Å². The number of fused-ring (bicyclic) bond motifs is 1. The molecule has 3 rings (SSSR count). The molecule has 14 heavy (non-hydrogen) atoms. The molecule has 3 fully saturated rings. The van der Waals surface area contributed by atoms with Gasteiger partial charge in [0.15, 0.2) is 0 Å². The standard InChI is InChI=1S/C12H22N2/c1-9(11-2-4-13-7-11)14-5-3-10-6-12(10)8-14/h9-13H,2-8H2,1H3. The molecule has 2 nitrogen and oxygen atoms in total. The SMILES string of the molecule is CC(C1CCNC1)N1CCC2CC2C1. The topological polar surface area (TPSA) is 15.3 Å². The summed E-state index contributed by atoms with van der Waals surface area (Å²) in [6.07, 6.45) is 4.41. The molecule has 2 aliphatic heterocycles. The lowest BCUT2D eigenvalue weighted by atomic mass is 9.97. The number of nitrogens with one attached hydrogen (secondary N) is 1. The van der Waals surface area contributed by atoms with Crippen molar-refractivity contribution in [2.75, 3.05) is 26.2 Å². The predicted octanol–water partition coefficient (Wildman–Crippen LogP) is 1.33. The molecular weight excluding hydrogens is 172 g/mol. The quantitative estimate of drug-likeness (QED) is 0.713. The van der Waals surface area contributed by atoms with Gasteiger partial charge < -0.3 is 10.2 Å². The molecule has 1 aliphatic carbocycles. The molecule has 0 bridgehead atoms. The monoisotopic (exact) mass is 194 g/mol. The van der Waals surface area contributed by atoms with Gasteiger partial charge in [0.25, 0.3) is 0 Å². The number of nitrogens with zero attached hydrogens (tertiary/aromatic N) is 1. The highest BCUT2D eigenvalue weighted by Gasteiger charge is 2.43. The minimum Gasteiger partial charge on any atom is -0.316 e. The van der Waals surface area contributed by atoms with Gasteiger partial charge in [-0.1, -0.05) is 0 Å². The molecule has 1 N–H and O–H groups in total. The van der Waals surface area contributed by atoms with E-state index in [4.69, 9.17) is 0 Å². The van der Waals surface area contributed by atoms with Crippen molar-refractivity contribution in [2.24, 2.45) is 17.8 Å².